The Morgan fingerprint density at radius 1 is 1.03 bits per heavy atom. The number of benzene rings is 2. The lowest BCUT2D eigenvalue weighted by atomic mass is 9.96. The number of piperazine rings is 1. The normalized spacial score (nSPS) is 14.4. The molecule has 1 aliphatic rings. The van der Waals surface area contributed by atoms with Crippen molar-refractivity contribution in [1.29, 1.82) is 5.26 Å². The van der Waals surface area contributed by atoms with E-state index in [1.54, 1.807) is 12.1 Å². The summed E-state index contributed by atoms with van der Waals surface area (Å²) >= 11 is 0. The van der Waals surface area contributed by atoms with E-state index < -0.39 is 0 Å². The van der Waals surface area contributed by atoms with Crippen LogP contribution in [0, 0.1) is 24.1 Å². The number of hydrogen-bond acceptors (Lipinski definition) is 5. The van der Waals surface area contributed by atoms with Gasteiger partial charge in [-0.3, -0.25) is 5.10 Å². The van der Waals surface area contributed by atoms with Gasteiger partial charge in [-0.1, -0.05) is 38.5 Å². The van der Waals surface area contributed by atoms with Crippen LogP contribution >= 0.6 is 0 Å². The SMILES string of the molecule is CCCc1cc(C)c(-c2nc3c(-c4ccc(N5CCN(CC)CC5)cc4)n[nH]c3cc2C#N)c(F)c1. The molecule has 0 bridgehead atoms. The standard InChI is InChI=1S/C29H31FN6/c1-4-6-20-15-19(3)26(24(30)16-20)27-22(18-31)17-25-29(32-27)28(34-33-25)21-7-9-23(10-8-21)36-13-11-35(5-2)12-14-36/h7-10,15-17H,4-6,11-14H2,1-3H3,(H,33,34). The molecule has 0 atom stereocenters. The monoisotopic (exact) mass is 482 g/mol. The summed E-state index contributed by atoms with van der Waals surface area (Å²) in [6, 6.07) is 15.8. The number of H-pyrrole nitrogens is 1. The minimum absolute atomic E-state index is 0.324. The lowest BCUT2D eigenvalue weighted by molar-refractivity contribution is 0.271. The van der Waals surface area contributed by atoms with Crippen LogP contribution in [0.25, 0.3) is 33.5 Å². The van der Waals surface area contributed by atoms with Crippen LogP contribution in [0.5, 0.6) is 0 Å². The zero-order valence-electron chi connectivity index (χ0n) is 21.1. The van der Waals surface area contributed by atoms with Crippen LogP contribution in [0.2, 0.25) is 0 Å². The van der Waals surface area contributed by atoms with Gasteiger partial charge in [0, 0.05) is 43.0 Å². The highest BCUT2D eigenvalue weighted by molar-refractivity contribution is 5.93. The fourth-order valence-electron chi connectivity index (χ4n) is 5.13. The van der Waals surface area contributed by atoms with E-state index in [0.29, 0.717) is 33.5 Å². The van der Waals surface area contributed by atoms with E-state index in [2.05, 4.69) is 64.2 Å². The molecule has 1 fully saturated rings. The maximum absolute atomic E-state index is 15.3. The molecule has 4 aromatic rings. The molecule has 2 aromatic carbocycles. The molecule has 2 aromatic heterocycles. The van der Waals surface area contributed by atoms with Crippen LogP contribution in [0.1, 0.15) is 37.0 Å². The second-order valence-corrected chi connectivity index (χ2v) is 9.45. The molecular formula is C29H31FN6. The van der Waals surface area contributed by atoms with Crippen molar-refractivity contribution in [3.8, 4) is 28.6 Å². The second kappa shape index (κ2) is 10.1. The van der Waals surface area contributed by atoms with E-state index in [-0.39, 0.29) is 5.82 Å². The molecule has 0 spiro atoms. The number of aryl methyl sites for hydroxylation is 2. The number of pyridine rings is 1. The Hall–Kier alpha value is -3.76. The van der Waals surface area contributed by atoms with Gasteiger partial charge in [0.15, 0.2) is 0 Å². The molecule has 0 saturated carbocycles. The summed E-state index contributed by atoms with van der Waals surface area (Å²) in [5.41, 5.74) is 6.89. The minimum Gasteiger partial charge on any atom is -0.369 e. The van der Waals surface area contributed by atoms with E-state index in [4.69, 9.17) is 4.98 Å². The molecule has 0 aliphatic carbocycles. The van der Waals surface area contributed by atoms with Crippen LogP contribution in [-0.4, -0.2) is 52.8 Å². The molecule has 0 radical (unpaired) electrons. The number of nitriles is 1. The summed E-state index contributed by atoms with van der Waals surface area (Å²) in [7, 11) is 0. The fourth-order valence-corrected chi connectivity index (χ4v) is 5.13. The molecule has 1 aliphatic heterocycles. The molecule has 5 rings (SSSR count). The van der Waals surface area contributed by atoms with E-state index in [1.807, 2.05) is 13.0 Å². The first kappa shape index (κ1) is 24.0. The van der Waals surface area contributed by atoms with Gasteiger partial charge in [-0.05, 0) is 55.3 Å². The molecule has 1 saturated heterocycles. The Labute approximate surface area is 211 Å². The number of rotatable bonds is 6. The molecule has 36 heavy (non-hydrogen) atoms. The quantitative estimate of drug-likeness (QED) is 0.381. The largest absolute Gasteiger partial charge is 0.369 e. The summed E-state index contributed by atoms with van der Waals surface area (Å²) in [4.78, 5) is 9.67. The number of hydrogen-bond donors (Lipinski definition) is 1. The smallest absolute Gasteiger partial charge is 0.133 e. The van der Waals surface area contributed by atoms with Crippen molar-refractivity contribution in [3.05, 3.63) is 65.0 Å². The number of fused-ring (bicyclic) bond motifs is 1. The van der Waals surface area contributed by atoms with E-state index >= 15 is 4.39 Å². The summed E-state index contributed by atoms with van der Waals surface area (Å²) in [5, 5.41) is 17.3. The van der Waals surface area contributed by atoms with Crippen molar-refractivity contribution in [2.75, 3.05) is 37.6 Å². The van der Waals surface area contributed by atoms with Gasteiger partial charge < -0.3 is 9.80 Å². The topological polar surface area (TPSA) is 71.8 Å². The van der Waals surface area contributed by atoms with Gasteiger partial charge in [0.1, 0.15) is 23.1 Å². The number of nitrogens with one attached hydrogen (secondary N) is 1. The van der Waals surface area contributed by atoms with Gasteiger partial charge in [0.2, 0.25) is 0 Å². The second-order valence-electron chi connectivity index (χ2n) is 9.45. The summed E-state index contributed by atoms with van der Waals surface area (Å²) in [6.45, 7) is 11.4. The van der Waals surface area contributed by atoms with Gasteiger partial charge in [0.05, 0.1) is 16.8 Å². The van der Waals surface area contributed by atoms with E-state index in [9.17, 15) is 5.26 Å². The molecule has 0 amide bonds. The summed E-state index contributed by atoms with van der Waals surface area (Å²) in [6.07, 6.45) is 1.75. The Balaban J connectivity index is 1.52. The number of nitrogens with zero attached hydrogens (tertiary/aromatic N) is 5. The Kier molecular flexibility index (Phi) is 6.71. The van der Waals surface area contributed by atoms with E-state index in [0.717, 1.165) is 62.3 Å². The van der Waals surface area contributed by atoms with Crippen LogP contribution in [-0.2, 0) is 6.42 Å². The minimum atomic E-state index is -0.348. The van der Waals surface area contributed by atoms with Crippen LogP contribution in [0.15, 0.2) is 42.5 Å². The predicted octanol–water partition coefficient (Wildman–Crippen LogP) is 5.71. The number of aromatic nitrogens is 3. The van der Waals surface area contributed by atoms with Crippen molar-refractivity contribution in [1.82, 2.24) is 20.1 Å². The van der Waals surface area contributed by atoms with Gasteiger partial charge >= 0.3 is 0 Å². The molecule has 6 nitrogen and oxygen atoms in total. The highest BCUT2D eigenvalue weighted by atomic mass is 19.1. The highest BCUT2D eigenvalue weighted by Gasteiger charge is 2.20. The van der Waals surface area contributed by atoms with Crippen LogP contribution in [0.3, 0.4) is 0 Å². The Bertz CT molecular complexity index is 1400. The zero-order chi connectivity index (χ0) is 25.2. The third-order valence-corrected chi connectivity index (χ3v) is 7.10. The van der Waals surface area contributed by atoms with Crippen molar-refractivity contribution >= 4 is 16.7 Å². The molecule has 3 heterocycles. The molecule has 1 N–H and O–H groups in total. The van der Waals surface area contributed by atoms with Crippen molar-refractivity contribution < 1.29 is 4.39 Å². The third kappa shape index (κ3) is 4.45. The molecule has 7 heteroatoms. The number of aromatic amines is 1. The maximum atomic E-state index is 15.3. The van der Waals surface area contributed by atoms with Gasteiger partial charge in [0.25, 0.3) is 0 Å². The fraction of sp³-hybridized carbons (Fsp3) is 0.345. The van der Waals surface area contributed by atoms with Crippen molar-refractivity contribution in [2.45, 2.75) is 33.6 Å². The van der Waals surface area contributed by atoms with Crippen molar-refractivity contribution in [3.63, 3.8) is 0 Å². The average Bonchev–Trinajstić information content (AvgIpc) is 3.31. The predicted molar refractivity (Wildman–Crippen MR) is 142 cm³/mol. The van der Waals surface area contributed by atoms with Crippen molar-refractivity contribution in [2.24, 2.45) is 0 Å². The molecular weight excluding hydrogens is 451 g/mol. The van der Waals surface area contributed by atoms with E-state index in [1.165, 1.54) is 5.69 Å². The third-order valence-electron chi connectivity index (χ3n) is 7.10. The Morgan fingerprint density at radius 3 is 2.42 bits per heavy atom. The first-order valence-electron chi connectivity index (χ1n) is 12.7. The zero-order valence-corrected chi connectivity index (χ0v) is 21.1. The summed E-state index contributed by atoms with van der Waals surface area (Å²) in [5.74, 6) is -0.348. The van der Waals surface area contributed by atoms with Gasteiger partial charge in [-0.2, -0.15) is 10.4 Å². The lowest BCUT2D eigenvalue weighted by Gasteiger charge is -2.35. The maximum Gasteiger partial charge on any atom is 0.133 e. The number of halogens is 1. The van der Waals surface area contributed by atoms with Gasteiger partial charge in [-0.15, -0.1) is 0 Å². The molecule has 184 valence electrons. The first-order valence-corrected chi connectivity index (χ1v) is 12.7. The number of anilines is 1. The average molecular weight is 483 g/mol. The van der Waals surface area contributed by atoms with Gasteiger partial charge in [-0.25, -0.2) is 9.37 Å². The Morgan fingerprint density at radius 2 is 1.78 bits per heavy atom. The summed E-state index contributed by atoms with van der Waals surface area (Å²) < 4.78 is 15.3. The van der Waals surface area contributed by atoms with Crippen LogP contribution in [0.4, 0.5) is 10.1 Å². The lowest BCUT2D eigenvalue weighted by Crippen LogP contribution is -2.46. The molecule has 0 unspecified atom stereocenters. The first-order chi connectivity index (χ1) is 17.5. The van der Waals surface area contributed by atoms with Crippen LogP contribution < -0.4 is 4.90 Å². The number of likely N-dealkylation sites (N-methyl/N-ethyl adjacent to an activating group) is 1. The highest BCUT2D eigenvalue weighted by Crippen LogP contribution is 2.34.